The minimum atomic E-state index is -2.63. The van der Waals surface area contributed by atoms with E-state index in [1.165, 1.54) is 30.3 Å². The molecule has 8 heteroatoms. The molecule has 0 aliphatic heterocycles. The van der Waals surface area contributed by atoms with Gasteiger partial charge in [0.05, 0.1) is 17.8 Å². The van der Waals surface area contributed by atoms with E-state index in [0.29, 0.717) is 35.0 Å². The van der Waals surface area contributed by atoms with Gasteiger partial charge in [0, 0.05) is 17.4 Å². The van der Waals surface area contributed by atoms with E-state index < -0.39 is 42.2 Å². The monoisotopic (exact) mass is 408 g/mol. The fourth-order valence-electron chi connectivity index (χ4n) is 3.90. The minimum Gasteiger partial charge on any atom is -0.352 e. The first-order chi connectivity index (χ1) is 13.8. The average molecular weight is 408 g/mol. The van der Waals surface area contributed by atoms with Crippen LogP contribution in [0.4, 0.5) is 22.0 Å². The second-order valence-corrected chi connectivity index (χ2v) is 7.23. The molecule has 1 aromatic heterocycles. The Hall–Kier alpha value is -2.90. The van der Waals surface area contributed by atoms with Crippen molar-refractivity contribution in [1.82, 2.24) is 10.3 Å². The lowest BCUT2D eigenvalue weighted by Crippen LogP contribution is -2.39. The SMILES string of the molecule is O=C(NCC(F)F)[C@H]1C[C@@H](c2c(-c3ccc(F)cc3)[nH]c3c(F)cc(F)cc32)C1. The highest BCUT2D eigenvalue weighted by molar-refractivity contribution is 5.92. The van der Waals surface area contributed by atoms with Crippen molar-refractivity contribution in [3.05, 3.63) is 59.4 Å². The maximum absolute atomic E-state index is 14.3. The summed E-state index contributed by atoms with van der Waals surface area (Å²) in [6.07, 6.45) is -1.89. The number of hydrogen-bond acceptors (Lipinski definition) is 1. The van der Waals surface area contributed by atoms with Crippen molar-refractivity contribution >= 4 is 16.8 Å². The Labute approximate surface area is 162 Å². The van der Waals surface area contributed by atoms with Crippen LogP contribution in [0, 0.1) is 23.4 Å². The van der Waals surface area contributed by atoms with Gasteiger partial charge in [-0.15, -0.1) is 0 Å². The summed E-state index contributed by atoms with van der Waals surface area (Å²) in [6.45, 7) is -0.704. The summed E-state index contributed by atoms with van der Waals surface area (Å²) >= 11 is 0. The number of rotatable bonds is 5. The van der Waals surface area contributed by atoms with Gasteiger partial charge in [0.2, 0.25) is 5.91 Å². The van der Waals surface area contributed by atoms with Gasteiger partial charge in [0.15, 0.2) is 0 Å². The van der Waals surface area contributed by atoms with E-state index in [4.69, 9.17) is 0 Å². The van der Waals surface area contributed by atoms with Crippen molar-refractivity contribution in [2.75, 3.05) is 6.54 Å². The van der Waals surface area contributed by atoms with Gasteiger partial charge >= 0.3 is 0 Å². The fraction of sp³-hybridized carbons (Fsp3) is 0.286. The smallest absolute Gasteiger partial charge is 0.255 e. The van der Waals surface area contributed by atoms with Crippen molar-refractivity contribution < 1.29 is 26.7 Å². The number of aromatic amines is 1. The second-order valence-electron chi connectivity index (χ2n) is 7.23. The first-order valence-electron chi connectivity index (χ1n) is 9.16. The summed E-state index contributed by atoms with van der Waals surface area (Å²) in [5.74, 6) is -2.99. The van der Waals surface area contributed by atoms with Crippen molar-refractivity contribution in [2.24, 2.45) is 5.92 Å². The lowest BCUT2D eigenvalue weighted by molar-refractivity contribution is -0.128. The number of fused-ring (bicyclic) bond motifs is 1. The molecule has 0 radical (unpaired) electrons. The zero-order chi connectivity index (χ0) is 20.7. The zero-order valence-corrected chi connectivity index (χ0v) is 15.1. The molecule has 152 valence electrons. The summed E-state index contributed by atoms with van der Waals surface area (Å²) in [6, 6.07) is 7.60. The molecule has 1 aliphatic carbocycles. The predicted molar refractivity (Wildman–Crippen MR) is 98.1 cm³/mol. The van der Waals surface area contributed by atoms with Gasteiger partial charge < -0.3 is 10.3 Å². The number of nitrogens with one attached hydrogen (secondary N) is 2. The van der Waals surface area contributed by atoms with Crippen LogP contribution in [0.15, 0.2) is 36.4 Å². The first kappa shape index (κ1) is 19.4. The number of halogens is 5. The Kier molecular flexibility index (Phi) is 5.02. The molecular weight excluding hydrogens is 391 g/mol. The summed E-state index contributed by atoms with van der Waals surface area (Å²) < 4.78 is 66.1. The summed E-state index contributed by atoms with van der Waals surface area (Å²) in [7, 11) is 0. The Morgan fingerprint density at radius 3 is 2.41 bits per heavy atom. The van der Waals surface area contributed by atoms with Crippen molar-refractivity contribution in [3.63, 3.8) is 0 Å². The predicted octanol–water partition coefficient (Wildman–Crippen LogP) is 5.13. The third kappa shape index (κ3) is 3.71. The topological polar surface area (TPSA) is 44.9 Å². The molecule has 1 amide bonds. The standard InChI is InChI=1S/C21H17F5N2O/c22-13-3-1-10(2-4-13)19-18(15-7-14(23)8-16(24)20(15)28-19)11-5-12(6-11)21(29)27-9-17(25)26/h1-4,7-8,11-12,17,28H,5-6,9H2,(H,27,29)/t11-,12+. The van der Waals surface area contributed by atoms with Crippen LogP contribution in [0.1, 0.15) is 24.3 Å². The summed E-state index contributed by atoms with van der Waals surface area (Å²) in [4.78, 5) is 15.0. The Bertz CT molecular complexity index is 1060. The maximum Gasteiger partial charge on any atom is 0.255 e. The molecule has 0 spiro atoms. The molecule has 1 heterocycles. The molecule has 0 atom stereocenters. The van der Waals surface area contributed by atoms with Gasteiger partial charge in [-0.05, 0) is 60.2 Å². The minimum absolute atomic E-state index is 0.131. The van der Waals surface area contributed by atoms with Crippen LogP contribution in [0.3, 0.4) is 0 Å². The van der Waals surface area contributed by atoms with E-state index in [9.17, 15) is 26.7 Å². The van der Waals surface area contributed by atoms with Gasteiger partial charge in [0.1, 0.15) is 17.5 Å². The molecule has 3 nitrogen and oxygen atoms in total. The van der Waals surface area contributed by atoms with E-state index in [1.807, 2.05) is 0 Å². The Balaban J connectivity index is 1.69. The van der Waals surface area contributed by atoms with E-state index in [0.717, 1.165) is 6.07 Å². The molecule has 3 aromatic rings. The second kappa shape index (κ2) is 7.50. The number of aromatic nitrogens is 1. The largest absolute Gasteiger partial charge is 0.352 e. The molecule has 1 aliphatic rings. The third-order valence-corrected chi connectivity index (χ3v) is 5.35. The number of benzene rings is 2. The molecule has 1 fully saturated rings. The fourth-order valence-corrected chi connectivity index (χ4v) is 3.90. The molecule has 1 saturated carbocycles. The maximum atomic E-state index is 14.3. The molecule has 2 N–H and O–H groups in total. The highest BCUT2D eigenvalue weighted by Crippen LogP contribution is 2.48. The van der Waals surface area contributed by atoms with Crippen LogP contribution < -0.4 is 5.32 Å². The van der Waals surface area contributed by atoms with Crippen LogP contribution in [-0.4, -0.2) is 23.9 Å². The van der Waals surface area contributed by atoms with Gasteiger partial charge in [-0.2, -0.15) is 0 Å². The highest BCUT2D eigenvalue weighted by Gasteiger charge is 2.38. The normalized spacial score (nSPS) is 18.8. The van der Waals surface area contributed by atoms with E-state index in [-0.39, 0.29) is 11.4 Å². The van der Waals surface area contributed by atoms with Crippen molar-refractivity contribution in [3.8, 4) is 11.3 Å². The van der Waals surface area contributed by atoms with Crippen LogP contribution in [0.2, 0.25) is 0 Å². The third-order valence-electron chi connectivity index (χ3n) is 5.35. The first-order valence-corrected chi connectivity index (χ1v) is 9.16. The van der Waals surface area contributed by atoms with Crippen LogP contribution in [0.5, 0.6) is 0 Å². The number of hydrogen-bond donors (Lipinski definition) is 2. The van der Waals surface area contributed by atoms with Gasteiger partial charge in [0.25, 0.3) is 6.43 Å². The Morgan fingerprint density at radius 1 is 1.07 bits per heavy atom. The van der Waals surface area contributed by atoms with E-state index >= 15 is 0 Å². The molecule has 2 aromatic carbocycles. The number of carbonyl (C=O) groups is 1. The quantitative estimate of drug-likeness (QED) is 0.565. The number of H-pyrrole nitrogens is 1. The van der Waals surface area contributed by atoms with Gasteiger partial charge in [-0.25, -0.2) is 22.0 Å². The van der Waals surface area contributed by atoms with Crippen LogP contribution >= 0.6 is 0 Å². The molecule has 0 saturated heterocycles. The van der Waals surface area contributed by atoms with E-state index in [1.54, 1.807) is 0 Å². The highest BCUT2D eigenvalue weighted by atomic mass is 19.3. The Morgan fingerprint density at radius 2 is 1.76 bits per heavy atom. The van der Waals surface area contributed by atoms with Gasteiger partial charge in [-0.3, -0.25) is 4.79 Å². The molecule has 29 heavy (non-hydrogen) atoms. The van der Waals surface area contributed by atoms with Crippen molar-refractivity contribution in [2.45, 2.75) is 25.2 Å². The summed E-state index contributed by atoms with van der Waals surface area (Å²) in [5, 5.41) is 2.56. The van der Waals surface area contributed by atoms with Crippen molar-refractivity contribution in [1.29, 1.82) is 0 Å². The number of alkyl halides is 2. The molecule has 0 unspecified atom stereocenters. The molecule has 0 bridgehead atoms. The van der Waals surface area contributed by atoms with Crippen LogP contribution in [0.25, 0.3) is 22.2 Å². The van der Waals surface area contributed by atoms with E-state index in [2.05, 4.69) is 10.3 Å². The molecular formula is C21H17F5N2O. The van der Waals surface area contributed by atoms with Gasteiger partial charge in [-0.1, -0.05) is 0 Å². The lowest BCUT2D eigenvalue weighted by atomic mass is 9.70. The zero-order valence-electron chi connectivity index (χ0n) is 15.1. The number of carbonyl (C=O) groups excluding carboxylic acids is 1. The lowest BCUT2D eigenvalue weighted by Gasteiger charge is -2.35. The molecule has 4 rings (SSSR count). The summed E-state index contributed by atoms with van der Waals surface area (Å²) in [5.41, 5.74) is 1.90. The van der Waals surface area contributed by atoms with Crippen LogP contribution in [-0.2, 0) is 4.79 Å². The average Bonchev–Trinajstić information content (AvgIpc) is 2.99. The number of amides is 1.